The van der Waals surface area contributed by atoms with E-state index in [9.17, 15) is 52.7 Å². The van der Waals surface area contributed by atoms with Gasteiger partial charge in [0.05, 0.1) is 55.7 Å². The van der Waals surface area contributed by atoms with Gasteiger partial charge in [-0.15, -0.1) is 0 Å². The van der Waals surface area contributed by atoms with Gasteiger partial charge in [0.1, 0.15) is 0 Å². The molecule has 0 aliphatic carbocycles. The van der Waals surface area contributed by atoms with Crippen molar-refractivity contribution in [2.75, 3.05) is 0 Å². The molecule has 0 saturated carbocycles. The van der Waals surface area contributed by atoms with Gasteiger partial charge in [-0.25, -0.2) is 29.9 Å². The first-order valence-corrected chi connectivity index (χ1v) is 27.6. The number of alkyl halides is 12. The first kappa shape index (κ1) is 56.8. The molecule has 20 heteroatoms. The molecule has 90 heavy (non-hydrogen) atoms. The Morgan fingerprint density at radius 2 is 0.456 bits per heavy atom. The molecule has 0 fully saturated rings. The zero-order chi connectivity index (χ0) is 62.4. The predicted molar refractivity (Wildman–Crippen MR) is 320 cm³/mol. The summed E-state index contributed by atoms with van der Waals surface area (Å²) in [4.78, 5) is 29.9. The highest BCUT2D eigenvalue weighted by Crippen LogP contribution is 2.46. The lowest BCUT2D eigenvalue weighted by Crippen LogP contribution is -2.06. The van der Waals surface area contributed by atoms with E-state index < -0.39 is 47.0 Å². The first-order chi connectivity index (χ1) is 43.1. The number of fused-ring (bicyclic) bond motifs is 6. The van der Waals surface area contributed by atoms with Crippen LogP contribution in [-0.4, -0.2) is 39.0 Å². The Hall–Kier alpha value is -11.0. The van der Waals surface area contributed by atoms with Gasteiger partial charge in [-0.1, -0.05) is 133 Å². The molecule has 4 heterocycles. The number of rotatable bonds is 9. The van der Waals surface area contributed by atoms with E-state index in [4.69, 9.17) is 29.9 Å². The standard InChI is InChI=1S/C70H38F12N8/c71-67(72,73)45-23-29-55-49(35-45)50-36-46(68(74,75)76)24-30-56(50)89(55)59-27-21-43(33-53(59)65-85-61(39-13-5-1-6-14-39)83-62(86-65)40-15-7-2-8-16-40)44-22-28-60(54(34-44)66-87-63(41-17-9-3-10-18-41)84-64(88-66)42-19-11-4-12-20-42)90-57-31-25-47(69(77,78)79)37-51(57)52-38-48(70(80,81)82)26-32-58(52)90/h1-38H. The highest BCUT2D eigenvalue weighted by Gasteiger charge is 2.36. The number of halogens is 12. The van der Waals surface area contributed by atoms with Gasteiger partial charge >= 0.3 is 24.7 Å². The van der Waals surface area contributed by atoms with Crippen molar-refractivity contribution in [3.05, 3.63) is 253 Å². The van der Waals surface area contributed by atoms with E-state index in [1.807, 2.05) is 0 Å². The fourth-order valence-electron chi connectivity index (χ4n) is 11.3. The summed E-state index contributed by atoms with van der Waals surface area (Å²) in [6, 6.07) is 57.2. The van der Waals surface area contributed by atoms with Crippen LogP contribution in [0.25, 0.3) is 134 Å². The van der Waals surface area contributed by atoms with Crippen LogP contribution in [0, 0.1) is 0 Å². The zero-order valence-corrected chi connectivity index (χ0v) is 46.1. The number of nitrogens with zero attached hydrogens (tertiary/aromatic N) is 8. The molecule has 4 aromatic heterocycles. The Labute approximate surface area is 501 Å². The molecule has 442 valence electrons. The Kier molecular flexibility index (Phi) is 13.5. The summed E-state index contributed by atoms with van der Waals surface area (Å²) in [6.45, 7) is 0. The fraction of sp³-hybridized carbons (Fsp3) is 0.0571. The zero-order valence-electron chi connectivity index (χ0n) is 46.1. The Morgan fingerprint density at radius 1 is 0.222 bits per heavy atom. The van der Waals surface area contributed by atoms with Crippen LogP contribution < -0.4 is 0 Å². The molecule has 0 radical (unpaired) electrons. The second-order valence-corrected chi connectivity index (χ2v) is 21.1. The van der Waals surface area contributed by atoms with Crippen LogP contribution >= 0.6 is 0 Å². The first-order valence-electron chi connectivity index (χ1n) is 27.6. The summed E-state index contributed by atoms with van der Waals surface area (Å²) in [5.74, 6) is 0.910. The second-order valence-electron chi connectivity index (χ2n) is 21.1. The molecule has 0 spiro atoms. The third-order valence-corrected chi connectivity index (χ3v) is 15.5. The Balaban J connectivity index is 1.08. The van der Waals surface area contributed by atoms with Crippen molar-refractivity contribution < 1.29 is 52.7 Å². The van der Waals surface area contributed by atoms with Gasteiger partial charge in [-0.3, -0.25) is 0 Å². The fourth-order valence-corrected chi connectivity index (χ4v) is 11.3. The molecule has 0 bridgehead atoms. The summed E-state index contributed by atoms with van der Waals surface area (Å²) in [6.07, 6.45) is -19.5. The minimum Gasteiger partial charge on any atom is -0.309 e. The van der Waals surface area contributed by atoms with Crippen molar-refractivity contribution in [2.24, 2.45) is 0 Å². The Bertz CT molecular complexity index is 4540. The lowest BCUT2D eigenvalue weighted by atomic mass is 9.97. The van der Waals surface area contributed by atoms with Crippen LogP contribution in [0.15, 0.2) is 231 Å². The molecular formula is C70H38F12N8. The highest BCUT2D eigenvalue weighted by molar-refractivity contribution is 6.12. The molecule has 10 aromatic carbocycles. The van der Waals surface area contributed by atoms with Crippen LogP contribution in [0.3, 0.4) is 0 Å². The van der Waals surface area contributed by atoms with E-state index in [0.717, 1.165) is 48.5 Å². The third-order valence-electron chi connectivity index (χ3n) is 15.5. The van der Waals surface area contributed by atoms with Crippen molar-refractivity contribution in [1.29, 1.82) is 0 Å². The molecule has 0 unspecified atom stereocenters. The topological polar surface area (TPSA) is 87.2 Å². The van der Waals surface area contributed by atoms with Crippen molar-refractivity contribution in [3.8, 4) is 90.8 Å². The van der Waals surface area contributed by atoms with Gasteiger partial charge in [0.25, 0.3) is 0 Å². The van der Waals surface area contributed by atoms with E-state index in [2.05, 4.69) is 0 Å². The van der Waals surface area contributed by atoms with Gasteiger partial charge < -0.3 is 9.13 Å². The lowest BCUT2D eigenvalue weighted by molar-refractivity contribution is -0.138. The van der Waals surface area contributed by atoms with E-state index in [1.165, 1.54) is 24.3 Å². The SMILES string of the molecule is FC(F)(F)c1ccc2c(c1)c1cc(C(F)(F)F)ccc1n2-c1ccc(-c2ccc(-n3c4ccc(C(F)(F)F)cc4c4cc(C(F)(F)F)ccc43)c(-c3nc(-c4ccccc4)nc(-c4ccccc4)n3)c2)cc1-c1nc(-c2ccccc2)nc(-c2ccccc2)n1. The molecule has 8 nitrogen and oxygen atoms in total. The van der Waals surface area contributed by atoms with Crippen molar-refractivity contribution in [1.82, 2.24) is 39.0 Å². The lowest BCUT2D eigenvalue weighted by Gasteiger charge is -2.18. The van der Waals surface area contributed by atoms with Crippen molar-refractivity contribution in [3.63, 3.8) is 0 Å². The van der Waals surface area contributed by atoms with Crippen LogP contribution in [0.2, 0.25) is 0 Å². The van der Waals surface area contributed by atoms with Gasteiger partial charge in [0.15, 0.2) is 34.9 Å². The minimum atomic E-state index is -4.87. The molecule has 0 aliphatic rings. The number of hydrogen-bond acceptors (Lipinski definition) is 6. The molecule has 14 aromatic rings. The maximum absolute atomic E-state index is 14.5. The van der Waals surface area contributed by atoms with E-state index >= 15 is 0 Å². The van der Waals surface area contributed by atoms with Crippen LogP contribution in [0.1, 0.15) is 22.3 Å². The second kappa shape index (κ2) is 21.4. The quantitative estimate of drug-likeness (QED) is 0.134. The molecule has 0 saturated heterocycles. The third kappa shape index (κ3) is 10.4. The van der Waals surface area contributed by atoms with Crippen molar-refractivity contribution in [2.45, 2.75) is 24.7 Å². The normalized spacial score (nSPS) is 12.4. The van der Waals surface area contributed by atoms with E-state index in [0.29, 0.717) is 33.4 Å². The summed E-state index contributed by atoms with van der Waals surface area (Å²) in [7, 11) is 0. The van der Waals surface area contributed by atoms with Gasteiger partial charge in [0.2, 0.25) is 0 Å². The maximum Gasteiger partial charge on any atom is 0.416 e. The van der Waals surface area contributed by atoms with Gasteiger partial charge in [0, 0.05) is 54.9 Å². The molecule has 0 N–H and O–H groups in total. The summed E-state index contributed by atoms with van der Waals surface area (Å²) in [5, 5.41) is -0.544. The van der Waals surface area contributed by atoms with Gasteiger partial charge in [-0.05, 0) is 108 Å². The smallest absolute Gasteiger partial charge is 0.309 e. The van der Waals surface area contributed by atoms with Gasteiger partial charge in [-0.2, -0.15) is 52.7 Å². The van der Waals surface area contributed by atoms with Crippen molar-refractivity contribution >= 4 is 43.6 Å². The molecule has 0 amide bonds. The summed E-state index contributed by atoms with van der Waals surface area (Å²) < 4.78 is 178. The molecule has 14 rings (SSSR count). The maximum atomic E-state index is 14.5. The number of aromatic nitrogens is 8. The molecule has 0 aliphatic heterocycles. The monoisotopic (exact) mass is 1220 g/mol. The predicted octanol–water partition coefficient (Wildman–Crippen LogP) is 20.0. The average molecular weight is 1220 g/mol. The van der Waals surface area contributed by atoms with Crippen LogP contribution in [-0.2, 0) is 24.7 Å². The average Bonchev–Trinajstić information content (AvgIpc) is 1.57. The highest BCUT2D eigenvalue weighted by atomic mass is 19.4. The largest absolute Gasteiger partial charge is 0.416 e. The number of hydrogen-bond donors (Lipinski definition) is 0. The Morgan fingerprint density at radius 3 is 0.689 bits per heavy atom. The summed E-state index contributed by atoms with van der Waals surface area (Å²) in [5.41, 5.74) is 0.0305. The number of benzene rings is 10. The van der Waals surface area contributed by atoms with Crippen LogP contribution in [0.4, 0.5) is 52.7 Å². The van der Waals surface area contributed by atoms with E-state index in [1.54, 1.807) is 167 Å². The van der Waals surface area contributed by atoms with E-state index in [-0.39, 0.29) is 101 Å². The summed E-state index contributed by atoms with van der Waals surface area (Å²) >= 11 is 0. The minimum absolute atomic E-state index is 0.0319. The van der Waals surface area contributed by atoms with Crippen LogP contribution in [0.5, 0.6) is 0 Å². The molecular weight excluding hydrogens is 1180 g/mol. The molecule has 0 atom stereocenters.